The summed E-state index contributed by atoms with van der Waals surface area (Å²) in [5.74, 6) is -0.310. The zero-order valence-electron chi connectivity index (χ0n) is 11.7. The molecule has 0 bridgehead atoms. The van der Waals surface area contributed by atoms with Crippen molar-refractivity contribution in [3.05, 3.63) is 28.8 Å². The van der Waals surface area contributed by atoms with Crippen LogP contribution in [0.4, 0.5) is 0 Å². The summed E-state index contributed by atoms with van der Waals surface area (Å²) in [6.45, 7) is 2.74. The van der Waals surface area contributed by atoms with Gasteiger partial charge in [0.2, 0.25) is 0 Å². The summed E-state index contributed by atoms with van der Waals surface area (Å²) in [5.41, 5.74) is 0.476. The highest BCUT2D eigenvalue weighted by atomic mass is 35.7. The van der Waals surface area contributed by atoms with Gasteiger partial charge in [-0.2, -0.15) is 0 Å². The third-order valence-corrected chi connectivity index (χ3v) is 5.62. The quantitative estimate of drug-likeness (QED) is 0.798. The zero-order chi connectivity index (χ0) is 15.7. The molecule has 1 aromatic rings. The Morgan fingerprint density at radius 3 is 2.57 bits per heavy atom. The minimum atomic E-state index is -3.97. The van der Waals surface area contributed by atoms with Crippen molar-refractivity contribution in [3.63, 3.8) is 0 Å². The number of amides is 1. The molecule has 2 rings (SSSR count). The molecule has 1 aromatic carbocycles. The Kier molecular flexibility index (Phi) is 4.85. The zero-order valence-corrected chi connectivity index (χ0v) is 14.0. The number of hydrogen-bond acceptors (Lipinski definition) is 3. The van der Waals surface area contributed by atoms with Crippen molar-refractivity contribution in [2.75, 3.05) is 6.54 Å². The smallest absolute Gasteiger partial charge is 0.262 e. The molecular formula is C14H17Cl2NO3S. The molecule has 1 aliphatic rings. The highest BCUT2D eigenvalue weighted by Gasteiger charge is 2.41. The minimum Gasteiger partial charge on any atom is -0.351 e. The Morgan fingerprint density at radius 2 is 2.05 bits per heavy atom. The van der Waals surface area contributed by atoms with E-state index >= 15 is 0 Å². The molecule has 1 amide bonds. The second-order valence-corrected chi connectivity index (χ2v) is 8.46. The standard InChI is InChI=1S/C14H17Cl2NO3S/c1-2-5-14(6-7-14)9-17-13(18)10-3-4-11(15)12(8-10)21(16,19)20/h3-4,8H,2,5-7,9H2,1H3,(H,17,18). The van der Waals surface area contributed by atoms with Crippen molar-refractivity contribution >= 4 is 37.2 Å². The van der Waals surface area contributed by atoms with Crippen LogP contribution in [0.5, 0.6) is 0 Å². The molecule has 1 aliphatic carbocycles. The summed E-state index contributed by atoms with van der Waals surface area (Å²) < 4.78 is 22.8. The third-order valence-electron chi connectivity index (χ3n) is 3.82. The Labute approximate surface area is 134 Å². The molecule has 116 valence electrons. The van der Waals surface area contributed by atoms with E-state index in [1.807, 2.05) is 0 Å². The van der Waals surface area contributed by atoms with E-state index in [1.54, 1.807) is 0 Å². The van der Waals surface area contributed by atoms with Gasteiger partial charge in [-0.05, 0) is 42.9 Å². The van der Waals surface area contributed by atoms with Gasteiger partial charge < -0.3 is 5.32 Å². The summed E-state index contributed by atoms with van der Waals surface area (Å²) in [4.78, 5) is 11.9. The van der Waals surface area contributed by atoms with Crippen molar-refractivity contribution in [1.29, 1.82) is 0 Å². The molecule has 21 heavy (non-hydrogen) atoms. The average molecular weight is 350 g/mol. The fourth-order valence-electron chi connectivity index (χ4n) is 2.42. The number of halogens is 2. The summed E-state index contributed by atoms with van der Waals surface area (Å²) >= 11 is 5.79. The number of carbonyl (C=O) groups excluding carboxylic acids is 1. The van der Waals surface area contributed by atoms with Gasteiger partial charge in [-0.25, -0.2) is 8.42 Å². The first-order chi connectivity index (χ1) is 9.77. The van der Waals surface area contributed by atoms with Crippen molar-refractivity contribution in [2.24, 2.45) is 5.41 Å². The molecule has 1 saturated carbocycles. The predicted molar refractivity (Wildman–Crippen MR) is 83.4 cm³/mol. The normalized spacial score (nSPS) is 16.5. The van der Waals surface area contributed by atoms with Gasteiger partial charge in [0.1, 0.15) is 4.90 Å². The molecule has 0 atom stereocenters. The number of benzene rings is 1. The van der Waals surface area contributed by atoms with Gasteiger partial charge in [-0.1, -0.05) is 24.9 Å². The van der Waals surface area contributed by atoms with Gasteiger partial charge in [0.05, 0.1) is 5.02 Å². The summed E-state index contributed by atoms with van der Waals surface area (Å²) in [6, 6.07) is 4.06. The fraction of sp³-hybridized carbons (Fsp3) is 0.500. The maximum atomic E-state index is 12.1. The van der Waals surface area contributed by atoms with Crippen LogP contribution < -0.4 is 5.32 Å². The van der Waals surface area contributed by atoms with E-state index in [-0.39, 0.29) is 26.8 Å². The van der Waals surface area contributed by atoms with E-state index < -0.39 is 9.05 Å². The molecule has 7 heteroatoms. The van der Waals surface area contributed by atoms with Gasteiger partial charge in [-0.15, -0.1) is 0 Å². The van der Waals surface area contributed by atoms with Crippen LogP contribution in [0.25, 0.3) is 0 Å². The molecule has 0 saturated heterocycles. The lowest BCUT2D eigenvalue weighted by atomic mass is 10.0. The second kappa shape index (κ2) is 6.15. The Hall–Kier alpha value is -0.780. The first kappa shape index (κ1) is 16.6. The van der Waals surface area contributed by atoms with E-state index in [0.717, 1.165) is 25.7 Å². The number of carbonyl (C=O) groups is 1. The van der Waals surface area contributed by atoms with Gasteiger partial charge >= 0.3 is 0 Å². The van der Waals surface area contributed by atoms with Crippen LogP contribution in [0.3, 0.4) is 0 Å². The number of nitrogens with one attached hydrogen (secondary N) is 1. The van der Waals surface area contributed by atoms with Crippen LogP contribution in [-0.4, -0.2) is 20.9 Å². The van der Waals surface area contributed by atoms with Crippen molar-refractivity contribution in [2.45, 2.75) is 37.5 Å². The van der Waals surface area contributed by atoms with Gasteiger partial charge in [-0.3, -0.25) is 4.79 Å². The minimum absolute atomic E-state index is 0.00574. The van der Waals surface area contributed by atoms with E-state index in [0.29, 0.717) is 6.54 Å². The van der Waals surface area contributed by atoms with Crippen LogP contribution in [0.2, 0.25) is 5.02 Å². The van der Waals surface area contributed by atoms with Crippen LogP contribution in [0.15, 0.2) is 23.1 Å². The molecule has 1 N–H and O–H groups in total. The first-order valence-electron chi connectivity index (χ1n) is 6.80. The summed E-state index contributed by atoms with van der Waals surface area (Å²) in [7, 11) is 1.33. The monoisotopic (exact) mass is 349 g/mol. The van der Waals surface area contributed by atoms with E-state index in [4.69, 9.17) is 22.3 Å². The fourth-order valence-corrected chi connectivity index (χ4v) is 3.92. The Balaban J connectivity index is 2.10. The molecule has 0 spiro atoms. The van der Waals surface area contributed by atoms with Crippen molar-refractivity contribution in [1.82, 2.24) is 5.32 Å². The molecule has 0 aromatic heterocycles. The lowest BCUT2D eigenvalue weighted by Crippen LogP contribution is -2.30. The molecular weight excluding hydrogens is 333 g/mol. The van der Waals surface area contributed by atoms with Gasteiger partial charge in [0, 0.05) is 22.8 Å². The molecule has 0 aliphatic heterocycles. The largest absolute Gasteiger partial charge is 0.351 e. The van der Waals surface area contributed by atoms with Crippen LogP contribution >= 0.6 is 22.3 Å². The number of rotatable bonds is 6. The van der Waals surface area contributed by atoms with Gasteiger partial charge in [0.15, 0.2) is 0 Å². The van der Waals surface area contributed by atoms with Crippen LogP contribution in [0, 0.1) is 5.41 Å². The average Bonchev–Trinajstić information content (AvgIpc) is 3.16. The van der Waals surface area contributed by atoms with Crippen LogP contribution in [0.1, 0.15) is 43.0 Å². The maximum absolute atomic E-state index is 12.1. The summed E-state index contributed by atoms with van der Waals surface area (Å²) in [5, 5.41) is 2.87. The number of hydrogen-bond donors (Lipinski definition) is 1. The molecule has 0 unspecified atom stereocenters. The highest BCUT2D eigenvalue weighted by Crippen LogP contribution is 2.48. The van der Waals surface area contributed by atoms with E-state index in [2.05, 4.69) is 12.2 Å². The maximum Gasteiger partial charge on any atom is 0.262 e. The molecule has 1 fully saturated rings. The predicted octanol–water partition coefficient (Wildman–Crippen LogP) is 3.58. The van der Waals surface area contributed by atoms with Gasteiger partial charge in [0.25, 0.3) is 15.0 Å². The van der Waals surface area contributed by atoms with Crippen molar-refractivity contribution in [3.8, 4) is 0 Å². The lowest BCUT2D eigenvalue weighted by molar-refractivity contribution is 0.0943. The lowest BCUT2D eigenvalue weighted by Gasteiger charge is -2.15. The van der Waals surface area contributed by atoms with Crippen LogP contribution in [-0.2, 0) is 9.05 Å². The van der Waals surface area contributed by atoms with E-state index in [1.165, 1.54) is 18.2 Å². The molecule has 0 heterocycles. The van der Waals surface area contributed by atoms with E-state index in [9.17, 15) is 13.2 Å². The molecule has 4 nitrogen and oxygen atoms in total. The topological polar surface area (TPSA) is 63.2 Å². The van der Waals surface area contributed by atoms with Crippen molar-refractivity contribution < 1.29 is 13.2 Å². The Bertz CT molecular complexity index is 654. The first-order valence-corrected chi connectivity index (χ1v) is 9.49. The SMILES string of the molecule is CCCC1(CNC(=O)c2ccc(Cl)c(S(=O)(=O)Cl)c2)CC1. The highest BCUT2D eigenvalue weighted by molar-refractivity contribution is 8.13. The Morgan fingerprint density at radius 1 is 1.38 bits per heavy atom. The molecule has 0 radical (unpaired) electrons. The second-order valence-electron chi connectivity index (χ2n) is 5.52. The third kappa shape index (κ3) is 4.11. The summed E-state index contributed by atoms with van der Waals surface area (Å²) in [6.07, 6.45) is 4.44.